The Labute approximate surface area is 192 Å². The molecule has 164 valence electrons. The lowest BCUT2D eigenvalue weighted by Gasteiger charge is -2.24. The van der Waals surface area contributed by atoms with Crippen LogP contribution in [-0.2, 0) is 13.5 Å². The highest BCUT2D eigenvalue weighted by Crippen LogP contribution is 2.44. The van der Waals surface area contributed by atoms with E-state index in [1.54, 1.807) is 22.9 Å². The summed E-state index contributed by atoms with van der Waals surface area (Å²) in [6.07, 6.45) is 5.35. The molecule has 1 amide bonds. The number of aryl methyl sites for hydroxylation is 2. The zero-order valence-corrected chi connectivity index (χ0v) is 19.7. The van der Waals surface area contributed by atoms with Gasteiger partial charge in [0.1, 0.15) is 17.0 Å². The summed E-state index contributed by atoms with van der Waals surface area (Å²) >= 11 is 12.9. The molecule has 1 fully saturated rings. The Hall–Kier alpha value is -2.31. The van der Waals surface area contributed by atoms with Gasteiger partial charge in [0, 0.05) is 44.2 Å². The second-order valence-corrected chi connectivity index (χ2v) is 9.66. The number of amides is 1. The van der Waals surface area contributed by atoms with Gasteiger partial charge in [-0.3, -0.25) is 9.48 Å². The molecule has 8 heteroatoms. The van der Waals surface area contributed by atoms with E-state index < -0.39 is 0 Å². The molecular weight excluding hydrogens is 435 g/mol. The molecule has 4 rings (SSSR count). The fourth-order valence-electron chi connectivity index (χ4n) is 4.46. The molecule has 0 spiro atoms. The van der Waals surface area contributed by atoms with E-state index in [4.69, 9.17) is 27.7 Å². The van der Waals surface area contributed by atoms with Crippen molar-refractivity contribution in [2.24, 2.45) is 12.5 Å². The quantitative estimate of drug-likeness (QED) is 0.496. The van der Waals surface area contributed by atoms with Gasteiger partial charge in [-0.2, -0.15) is 5.10 Å². The molecule has 3 aromatic rings. The third-order valence-electron chi connectivity index (χ3n) is 6.01. The van der Waals surface area contributed by atoms with E-state index in [9.17, 15) is 4.79 Å². The summed E-state index contributed by atoms with van der Waals surface area (Å²) in [5.74, 6) is 0.656. The molecule has 1 atom stereocenters. The minimum Gasteiger partial charge on any atom is -0.360 e. The van der Waals surface area contributed by atoms with Crippen molar-refractivity contribution in [2.45, 2.75) is 39.5 Å². The van der Waals surface area contributed by atoms with E-state index >= 15 is 0 Å². The first-order chi connectivity index (χ1) is 14.7. The molecule has 1 aliphatic rings. The number of hydrogen-bond acceptors (Lipinski definition) is 4. The van der Waals surface area contributed by atoms with Crippen molar-refractivity contribution in [2.75, 3.05) is 13.1 Å². The van der Waals surface area contributed by atoms with Crippen LogP contribution in [0.5, 0.6) is 0 Å². The molecule has 0 radical (unpaired) electrons. The Morgan fingerprint density at radius 2 is 2.00 bits per heavy atom. The van der Waals surface area contributed by atoms with E-state index in [0.717, 1.165) is 12.0 Å². The summed E-state index contributed by atoms with van der Waals surface area (Å²) in [7, 11) is 1.90. The number of carbonyl (C=O) groups is 1. The predicted molar refractivity (Wildman–Crippen MR) is 122 cm³/mol. The van der Waals surface area contributed by atoms with Crippen LogP contribution in [0.3, 0.4) is 0 Å². The molecule has 1 unspecified atom stereocenters. The molecule has 1 aliphatic heterocycles. The van der Waals surface area contributed by atoms with Gasteiger partial charge in [-0.1, -0.05) is 55.2 Å². The fraction of sp³-hybridized carbons (Fsp3) is 0.435. The lowest BCUT2D eigenvalue weighted by molar-refractivity contribution is 0.0776. The van der Waals surface area contributed by atoms with Crippen molar-refractivity contribution >= 4 is 29.1 Å². The number of aromatic nitrogens is 3. The lowest BCUT2D eigenvalue weighted by Crippen LogP contribution is -2.31. The average Bonchev–Trinajstić information content (AvgIpc) is 3.38. The Kier molecular flexibility index (Phi) is 5.88. The summed E-state index contributed by atoms with van der Waals surface area (Å²) in [5, 5.41) is 9.42. The standard InChI is InChI=1S/C23H26Cl2N4O2/c1-5-7-18-20(21(27-31-18)19-16(24)8-6-9-17(19)25)22(30)29-12-15(23(2,3)13-29)14-10-26-28(4)11-14/h6,8-11,15H,5,7,12-13H2,1-4H3. The Morgan fingerprint density at radius 1 is 1.29 bits per heavy atom. The van der Waals surface area contributed by atoms with Crippen LogP contribution >= 0.6 is 23.2 Å². The highest BCUT2D eigenvalue weighted by atomic mass is 35.5. The van der Waals surface area contributed by atoms with Crippen LogP contribution < -0.4 is 0 Å². The van der Waals surface area contributed by atoms with E-state index in [2.05, 4.69) is 24.1 Å². The van der Waals surface area contributed by atoms with Crippen molar-refractivity contribution < 1.29 is 9.32 Å². The SMILES string of the molecule is CCCc1onc(-c2c(Cl)cccc2Cl)c1C(=O)N1CC(c2cnn(C)c2)C(C)(C)C1. The van der Waals surface area contributed by atoms with Crippen LogP contribution in [0.2, 0.25) is 10.0 Å². The number of hydrogen-bond donors (Lipinski definition) is 0. The maximum atomic E-state index is 13.8. The first-order valence-electron chi connectivity index (χ1n) is 10.4. The molecule has 3 heterocycles. The number of rotatable bonds is 5. The van der Waals surface area contributed by atoms with Gasteiger partial charge >= 0.3 is 0 Å². The van der Waals surface area contributed by atoms with Crippen LogP contribution in [0.1, 0.15) is 54.8 Å². The largest absolute Gasteiger partial charge is 0.360 e. The highest BCUT2D eigenvalue weighted by Gasteiger charge is 2.44. The number of benzene rings is 1. The lowest BCUT2D eigenvalue weighted by atomic mass is 9.79. The van der Waals surface area contributed by atoms with Gasteiger partial charge < -0.3 is 9.42 Å². The van der Waals surface area contributed by atoms with E-state index in [0.29, 0.717) is 52.1 Å². The van der Waals surface area contributed by atoms with Crippen molar-refractivity contribution in [3.8, 4) is 11.3 Å². The van der Waals surface area contributed by atoms with Crippen LogP contribution in [-0.4, -0.2) is 38.8 Å². The molecule has 0 bridgehead atoms. The van der Waals surface area contributed by atoms with Gasteiger partial charge in [-0.05, 0) is 29.5 Å². The predicted octanol–water partition coefficient (Wildman–Crippen LogP) is 5.60. The second-order valence-electron chi connectivity index (χ2n) is 8.85. The minimum absolute atomic E-state index is 0.0943. The van der Waals surface area contributed by atoms with Gasteiger partial charge in [0.2, 0.25) is 0 Å². The molecule has 0 N–H and O–H groups in total. The minimum atomic E-state index is -0.102. The molecule has 1 aromatic carbocycles. The first-order valence-corrected chi connectivity index (χ1v) is 11.2. The van der Waals surface area contributed by atoms with Crippen molar-refractivity contribution in [1.82, 2.24) is 19.8 Å². The molecule has 0 saturated carbocycles. The van der Waals surface area contributed by atoms with Crippen LogP contribution in [0.25, 0.3) is 11.3 Å². The van der Waals surface area contributed by atoms with Crippen molar-refractivity contribution in [3.05, 3.63) is 57.5 Å². The van der Waals surface area contributed by atoms with Crippen LogP contribution in [0.15, 0.2) is 35.1 Å². The van der Waals surface area contributed by atoms with E-state index in [-0.39, 0.29) is 17.2 Å². The number of likely N-dealkylation sites (tertiary alicyclic amines) is 1. The summed E-state index contributed by atoms with van der Waals surface area (Å²) in [6, 6.07) is 5.25. The molecule has 1 saturated heterocycles. The van der Waals surface area contributed by atoms with Crippen LogP contribution in [0.4, 0.5) is 0 Å². The smallest absolute Gasteiger partial charge is 0.259 e. The number of nitrogens with zero attached hydrogens (tertiary/aromatic N) is 4. The topological polar surface area (TPSA) is 64.2 Å². The Morgan fingerprint density at radius 3 is 2.61 bits per heavy atom. The maximum absolute atomic E-state index is 13.8. The van der Waals surface area contributed by atoms with Gasteiger partial charge in [0.05, 0.1) is 16.2 Å². The number of carbonyl (C=O) groups excluding carboxylic acids is 1. The van der Waals surface area contributed by atoms with Crippen LogP contribution in [0, 0.1) is 5.41 Å². The van der Waals surface area contributed by atoms with Gasteiger partial charge in [0.25, 0.3) is 5.91 Å². The molecule has 31 heavy (non-hydrogen) atoms. The summed E-state index contributed by atoms with van der Waals surface area (Å²) in [6.45, 7) is 7.63. The van der Waals surface area contributed by atoms with Crippen molar-refractivity contribution in [3.63, 3.8) is 0 Å². The third-order valence-corrected chi connectivity index (χ3v) is 6.64. The van der Waals surface area contributed by atoms with E-state index in [1.165, 1.54) is 0 Å². The van der Waals surface area contributed by atoms with Gasteiger partial charge in [-0.15, -0.1) is 0 Å². The average molecular weight is 461 g/mol. The molecule has 0 aliphatic carbocycles. The molecular formula is C23H26Cl2N4O2. The maximum Gasteiger partial charge on any atom is 0.259 e. The summed E-state index contributed by atoms with van der Waals surface area (Å²) in [5.41, 5.74) is 2.44. The monoisotopic (exact) mass is 460 g/mol. The van der Waals surface area contributed by atoms with Gasteiger partial charge in [0.15, 0.2) is 0 Å². The Bertz CT molecular complexity index is 1100. The van der Waals surface area contributed by atoms with E-state index in [1.807, 2.05) is 31.3 Å². The van der Waals surface area contributed by atoms with Gasteiger partial charge in [-0.25, -0.2) is 0 Å². The second kappa shape index (κ2) is 8.32. The molecule has 6 nitrogen and oxygen atoms in total. The molecule has 2 aromatic heterocycles. The normalized spacial score (nSPS) is 18.0. The highest BCUT2D eigenvalue weighted by molar-refractivity contribution is 6.39. The van der Waals surface area contributed by atoms with Crippen molar-refractivity contribution in [1.29, 1.82) is 0 Å². The first kappa shape index (κ1) is 21.9. The Balaban J connectivity index is 1.74. The third kappa shape index (κ3) is 3.99. The zero-order valence-electron chi connectivity index (χ0n) is 18.2. The summed E-state index contributed by atoms with van der Waals surface area (Å²) in [4.78, 5) is 15.7. The fourth-order valence-corrected chi connectivity index (χ4v) is 5.04. The summed E-state index contributed by atoms with van der Waals surface area (Å²) < 4.78 is 7.42. The zero-order chi connectivity index (χ0) is 22.3. The number of halogens is 2.